The average molecular weight is 419 g/mol. The van der Waals surface area contributed by atoms with Gasteiger partial charge in [-0.05, 0) is 47.1 Å². The molecule has 0 saturated heterocycles. The second-order valence-corrected chi connectivity index (χ2v) is 5.87. The Bertz CT molecular complexity index is 774. The van der Waals surface area contributed by atoms with Crippen molar-refractivity contribution in [2.45, 2.75) is 6.92 Å². The smallest absolute Gasteiger partial charge is 0.124 e. The van der Waals surface area contributed by atoms with E-state index < -0.39 is 0 Å². The lowest BCUT2D eigenvalue weighted by Gasteiger charge is -2.09. The zero-order valence-corrected chi connectivity index (χ0v) is 16.0. The molecule has 0 unspecified atom stereocenters. The molecule has 1 aromatic rings. The highest BCUT2D eigenvalue weighted by Gasteiger charge is 2.04. The quantitative estimate of drug-likeness (QED) is 0.325. The molecule has 8 N–H and O–H groups in total. The number of nitrogens with zero attached hydrogens (tertiary/aromatic N) is 2. The van der Waals surface area contributed by atoms with Crippen molar-refractivity contribution in [2.24, 2.45) is 27.2 Å². The van der Waals surface area contributed by atoms with E-state index in [1.165, 1.54) is 0 Å². The van der Waals surface area contributed by atoms with Gasteiger partial charge in [0.2, 0.25) is 0 Å². The molecular formula is C18H23BrN6O. The molecule has 0 aliphatic rings. The van der Waals surface area contributed by atoms with E-state index in [-0.39, 0.29) is 11.6 Å². The minimum atomic E-state index is 0.0801. The maximum atomic E-state index is 9.84. The van der Waals surface area contributed by atoms with Gasteiger partial charge in [0.05, 0.1) is 10.2 Å². The minimum absolute atomic E-state index is 0.0801. The first-order valence-corrected chi connectivity index (χ1v) is 8.51. The molecular weight excluding hydrogens is 396 g/mol. The lowest BCUT2D eigenvalue weighted by Crippen LogP contribution is -2.22. The molecule has 0 bridgehead atoms. The number of halogens is 1. The number of phenols is 1. The van der Waals surface area contributed by atoms with Crippen molar-refractivity contribution < 1.29 is 5.11 Å². The summed E-state index contributed by atoms with van der Waals surface area (Å²) in [4.78, 5) is 8.06. The molecule has 0 amide bonds. The molecule has 0 saturated carbocycles. The van der Waals surface area contributed by atoms with Crippen LogP contribution >= 0.6 is 15.9 Å². The van der Waals surface area contributed by atoms with Crippen LogP contribution in [0, 0.1) is 0 Å². The number of nitrogens with one attached hydrogen (secondary N) is 1. The van der Waals surface area contributed by atoms with Crippen molar-refractivity contribution in [3.8, 4) is 5.75 Å². The first-order valence-electron chi connectivity index (χ1n) is 7.72. The second kappa shape index (κ2) is 11.5. The summed E-state index contributed by atoms with van der Waals surface area (Å²) in [5, 5.41) is 12.9. The van der Waals surface area contributed by atoms with Crippen molar-refractivity contribution in [2.75, 3.05) is 6.54 Å². The molecule has 8 heteroatoms. The largest absolute Gasteiger partial charge is 0.507 e. The Morgan fingerprint density at radius 3 is 2.62 bits per heavy atom. The Kier molecular flexibility index (Phi) is 9.34. The number of hydrogen-bond acceptors (Lipinski definition) is 7. The average Bonchev–Trinajstić information content (AvgIpc) is 2.61. The van der Waals surface area contributed by atoms with Crippen LogP contribution in [0.25, 0.3) is 5.70 Å². The topological polar surface area (TPSA) is 135 Å². The van der Waals surface area contributed by atoms with E-state index in [9.17, 15) is 5.11 Å². The van der Waals surface area contributed by atoms with E-state index in [4.69, 9.17) is 17.2 Å². The molecule has 0 atom stereocenters. The van der Waals surface area contributed by atoms with E-state index in [2.05, 4.69) is 31.2 Å². The predicted molar refractivity (Wildman–Crippen MR) is 112 cm³/mol. The van der Waals surface area contributed by atoms with Gasteiger partial charge < -0.3 is 27.6 Å². The summed E-state index contributed by atoms with van der Waals surface area (Å²) in [6, 6.07) is 6.75. The van der Waals surface area contributed by atoms with Crippen molar-refractivity contribution >= 4 is 34.1 Å². The first-order chi connectivity index (χ1) is 12.5. The highest BCUT2D eigenvalue weighted by Crippen LogP contribution is 2.21. The van der Waals surface area contributed by atoms with Crippen LogP contribution in [-0.4, -0.2) is 24.1 Å². The zero-order chi connectivity index (χ0) is 19.4. The Labute approximate surface area is 161 Å². The first kappa shape index (κ1) is 21.0. The minimum Gasteiger partial charge on any atom is -0.507 e. The number of nitrogens with two attached hydrogens (primary N) is 3. The summed E-state index contributed by atoms with van der Waals surface area (Å²) < 4.78 is 0.748. The van der Waals surface area contributed by atoms with E-state index >= 15 is 0 Å². The van der Waals surface area contributed by atoms with Crippen molar-refractivity contribution in [3.63, 3.8) is 0 Å². The monoisotopic (exact) mass is 418 g/mol. The van der Waals surface area contributed by atoms with Crippen LogP contribution < -0.4 is 22.5 Å². The number of benzene rings is 1. The number of aliphatic imine (C=N–C) groups is 2. The molecule has 0 aromatic heterocycles. The third-order valence-electron chi connectivity index (χ3n) is 2.97. The van der Waals surface area contributed by atoms with Crippen molar-refractivity contribution in [1.82, 2.24) is 5.32 Å². The van der Waals surface area contributed by atoms with Gasteiger partial charge in [-0.2, -0.15) is 0 Å². The number of hydrogen-bond donors (Lipinski definition) is 5. The maximum absolute atomic E-state index is 9.84. The highest BCUT2D eigenvalue weighted by atomic mass is 79.9. The number of rotatable bonds is 8. The van der Waals surface area contributed by atoms with E-state index in [1.54, 1.807) is 61.2 Å². The lowest BCUT2D eigenvalue weighted by molar-refractivity contribution is 0.473. The van der Waals surface area contributed by atoms with Crippen LogP contribution in [0.1, 0.15) is 12.5 Å². The van der Waals surface area contributed by atoms with Gasteiger partial charge in [0.1, 0.15) is 11.6 Å². The molecule has 0 fully saturated rings. The third-order valence-corrected chi connectivity index (χ3v) is 3.38. The van der Waals surface area contributed by atoms with Crippen LogP contribution in [-0.2, 0) is 0 Å². The molecule has 0 heterocycles. The van der Waals surface area contributed by atoms with E-state index in [0.717, 1.165) is 4.48 Å². The van der Waals surface area contributed by atoms with Crippen molar-refractivity contribution in [3.05, 3.63) is 70.4 Å². The second-order valence-electron chi connectivity index (χ2n) is 4.95. The summed E-state index contributed by atoms with van der Waals surface area (Å²) in [6.45, 7) is 2.26. The predicted octanol–water partition coefficient (Wildman–Crippen LogP) is 2.28. The molecule has 0 spiro atoms. The lowest BCUT2D eigenvalue weighted by atomic mass is 10.1. The molecule has 1 aromatic carbocycles. The molecule has 7 nitrogen and oxygen atoms in total. The third kappa shape index (κ3) is 7.71. The van der Waals surface area contributed by atoms with Gasteiger partial charge in [-0.25, -0.2) is 0 Å². The zero-order valence-electron chi connectivity index (χ0n) is 14.4. The van der Waals surface area contributed by atoms with Crippen LogP contribution in [0.4, 0.5) is 0 Å². The molecule has 0 aliphatic heterocycles. The van der Waals surface area contributed by atoms with Crippen molar-refractivity contribution in [1.29, 1.82) is 0 Å². The summed E-state index contributed by atoms with van der Waals surface area (Å²) in [7, 11) is 0. The number of aromatic hydroxyl groups is 1. The number of allylic oxidation sites excluding steroid dienone is 2. The fourth-order valence-corrected chi connectivity index (χ4v) is 2.00. The van der Waals surface area contributed by atoms with Gasteiger partial charge >= 0.3 is 0 Å². The fourth-order valence-electron chi connectivity index (χ4n) is 1.76. The van der Waals surface area contributed by atoms with Gasteiger partial charge in [0.25, 0.3) is 0 Å². The van der Waals surface area contributed by atoms with Crippen LogP contribution in [0.2, 0.25) is 0 Å². The van der Waals surface area contributed by atoms with Gasteiger partial charge in [0, 0.05) is 42.6 Å². The standard InChI is InChI=1S/C18H23BrN6O/c1-2-23-11-13(19)12-24-8-5-9-25-16(18(21)22)10-15(20)14-6-3-4-7-17(14)26/h2-8,10-12,25-26H,9,20-22H2,1H3/b8-5?,13-11+,15-10-,23-2?,24-12?. The Hall–Kier alpha value is -3.00. The fraction of sp³-hybridized carbons (Fsp3) is 0.111. The Morgan fingerprint density at radius 1 is 1.23 bits per heavy atom. The summed E-state index contributed by atoms with van der Waals surface area (Å²) >= 11 is 3.31. The SMILES string of the molecule is CC=N/C=C(/Br)C=NC=CCNC(/C=C(\N)c1ccccc1O)=C(N)N. The highest BCUT2D eigenvalue weighted by molar-refractivity contribution is 9.12. The van der Waals surface area contributed by atoms with Crippen LogP contribution in [0.5, 0.6) is 5.75 Å². The summed E-state index contributed by atoms with van der Waals surface area (Å²) in [5.74, 6) is 0.167. The van der Waals surface area contributed by atoms with Gasteiger partial charge in [-0.15, -0.1) is 0 Å². The molecule has 0 radical (unpaired) electrons. The Balaban J connectivity index is 2.70. The van der Waals surface area contributed by atoms with Gasteiger partial charge in [-0.3, -0.25) is 9.98 Å². The van der Waals surface area contributed by atoms with E-state index in [0.29, 0.717) is 23.5 Å². The Morgan fingerprint density at radius 2 is 1.96 bits per heavy atom. The summed E-state index contributed by atoms with van der Waals surface area (Å²) in [5.41, 5.74) is 18.7. The van der Waals surface area contributed by atoms with Gasteiger partial charge in [0.15, 0.2) is 0 Å². The number of phenolic OH excluding ortho intramolecular Hbond substituents is 1. The summed E-state index contributed by atoms with van der Waals surface area (Å²) in [6.07, 6.45) is 9.91. The maximum Gasteiger partial charge on any atom is 0.124 e. The molecule has 1 rings (SSSR count). The van der Waals surface area contributed by atoms with Crippen LogP contribution in [0.15, 0.2) is 74.8 Å². The van der Waals surface area contributed by atoms with Gasteiger partial charge in [-0.1, -0.05) is 12.1 Å². The van der Waals surface area contributed by atoms with E-state index in [1.807, 2.05) is 6.92 Å². The molecule has 26 heavy (non-hydrogen) atoms. The molecule has 138 valence electrons. The normalized spacial score (nSPS) is 13.0. The van der Waals surface area contributed by atoms with Crippen LogP contribution in [0.3, 0.4) is 0 Å². The number of para-hydroxylation sites is 1. The molecule has 0 aliphatic carbocycles.